The first-order chi connectivity index (χ1) is 12.1. The van der Waals surface area contributed by atoms with Crippen molar-refractivity contribution in [3.8, 4) is 0 Å². The summed E-state index contributed by atoms with van der Waals surface area (Å²) in [6.45, 7) is 5.39. The molecular formula is C20H26N4O. The smallest absolute Gasteiger partial charge is 0.221 e. The molecule has 3 rings (SSSR count). The number of anilines is 1. The first-order valence-electron chi connectivity index (χ1n) is 8.87. The summed E-state index contributed by atoms with van der Waals surface area (Å²) in [5.41, 5.74) is 8.97. The minimum Gasteiger partial charge on any atom is -0.369 e. The molecule has 0 aliphatic carbocycles. The normalized spacial score (nSPS) is 18.0. The van der Waals surface area contributed by atoms with Crippen LogP contribution >= 0.6 is 0 Å². The number of primary amides is 1. The lowest BCUT2D eigenvalue weighted by Gasteiger charge is -2.31. The van der Waals surface area contributed by atoms with E-state index in [2.05, 4.69) is 39.5 Å². The molecule has 1 atom stereocenters. The molecule has 1 aromatic carbocycles. The molecule has 0 saturated carbocycles. The number of rotatable bonds is 6. The molecule has 5 nitrogen and oxygen atoms in total. The maximum absolute atomic E-state index is 11.4. The van der Waals surface area contributed by atoms with Crippen LogP contribution in [0.15, 0.2) is 42.5 Å². The zero-order chi connectivity index (χ0) is 17.6. The van der Waals surface area contributed by atoms with E-state index in [1.807, 2.05) is 25.1 Å². The van der Waals surface area contributed by atoms with E-state index in [0.717, 1.165) is 50.5 Å². The largest absolute Gasteiger partial charge is 0.369 e. The van der Waals surface area contributed by atoms with Crippen molar-refractivity contribution in [1.29, 1.82) is 0 Å². The Hall–Kier alpha value is -2.40. The lowest BCUT2D eigenvalue weighted by atomic mass is 9.97. The van der Waals surface area contributed by atoms with Gasteiger partial charge in [-0.25, -0.2) is 4.98 Å². The zero-order valence-corrected chi connectivity index (χ0v) is 14.7. The number of hydrogen-bond acceptors (Lipinski definition) is 4. The Morgan fingerprint density at radius 1 is 1.28 bits per heavy atom. The maximum Gasteiger partial charge on any atom is 0.221 e. The molecule has 1 unspecified atom stereocenters. The second-order valence-corrected chi connectivity index (χ2v) is 6.81. The maximum atomic E-state index is 11.4. The minimum absolute atomic E-state index is 0.00834. The predicted molar refractivity (Wildman–Crippen MR) is 99.9 cm³/mol. The number of carbonyl (C=O) groups excluding carboxylic acids is 1. The summed E-state index contributed by atoms with van der Waals surface area (Å²) in [4.78, 5) is 18.2. The van der Waals surface area contributed by atoms with Crippen LogP contribution in [-0.2, 0) is 17.9 Å². The first-order valence-corrected chi connectivity index (χ1v) is 8.87. The number of aromatic nitrogens is 1. The van der Waals surface area contributed by atoms with Crippen molar-refractivity contribution in [3.63, 3.8) is 0 Å². The number of nitrogens with zero attached hydrogens (tertiary/aromatic N) is 2. The second kappa shape index (κ2) is 8.12. The molecule has 132 valence electrons. The molecule has 5 heteroatoms. The van der Waals surface area contributed by atoms with Crippen LogP contribution in [0.2, 0.25) is 0 Å². The van der Waals surface area contributed by atoms with Gasteiger partial charge in [0, 0.05) is 25.3 Å². The van der Waals surface area contributed by atoms with Gasteiger partial charge in [0.1, 0.15) is 5.82 Å². The Morgan fingerprint density at radius 2 is 2.08 bits per heavy atom. The molecule has 1 fully saturated rings. The van der Waals surface area contributed by atoms with E-state index in [9.17, 15) is 4.79 Å². The van der Waals surface area contributed by atoms with Gasteiger partial charge in [0.05, 0.1) is 5.92 Å². The highest BCUT2D eigenvalue weighted by Crippen LogP contribution is 2.19. The molecule has 1 aliphatic heterocycles. The Kier molecular flexibility index (Phi) is 5.66. The van der Waals surface area contributed by atoms with Gasteiger partial charge in [-0.05, 0) is 49.6 Å². The van der Waals surface area contributed by atoms with Crippen molar-refractivity contribution in [3.05, 3.63) is 59.3 Å². The van der Waals surface area contributed by atoms with Gasteiger partial charge in [-0.1, -0.05) is 30.3 Å². The fraction of sp³-hybridized carbons (Fsp3) is 0.400. The van der Waals surface area contributed by atoms with Gasteiger partial charge in [-0.15, -0.1) is 0 Å². The van der Waals surface area contributed by atoms with Gasteiger partial charge in [0.2, 0.25) is 5.91 Å². The lowest BCUT2D eigenvalue weighted by molar-refractivity contribution is -0.123. The van der Waals surface area contributed by atoms with Crippen LogP contribution in [-0.4, -0.2) is 28.9 Å². The summed E-state index contributed by atoms with van der Waals surface area (Å²) in [5, 5.41) is 3.37. The molecule has 1 amide bonds. The van der Waals surface area contributed by atoms with E-state index in [4.69, 9.17) is 5.73 Å². The molecule has 1 saturated heterocycles. The van der Waals surface area contributed by atoms with E-state index < -0.39 is 0 Å². The third-order valence-corrected chi connectivity index (χ3v) is 4.67. The lowest BCUT2D eigenvalue weighted by Crippen LogP contribution is -2.40. The topological polar surface area (TPSA) is 71.2 Å². The fourth-order valence-corrected chi connectivity index (χ4v) is 3.36. The third-order valence-electron chi connectivity index (χ3n) is 4.67. The first kappa shape index (κ1) is 17.4. The summed E-state index contributed by atoms with van der Waals surface area (Å²) in [6, 6.07) is 14.5. The van der Waals surface area contributed by atoms with E-state index in [-0.39, 0.29) is 11.8 Å². The van der Waals surface area contributed by atoms with Crippen molar-refractivity contribution in [2.75, 3.05) is 18.4 Å². The number of pyridine rings is 1. The highest BCUT2D eigenvalue weighted by Gasteiger charge is 2.23. The van der Waals surface area contributed by atoms with Crippen LogP contribution in [0, 0.1) is 12.8 Å². The number of nitrogens with one attached hydrogen (secondary N) is 1. The standard InChI is InChI=1S/C20H26N4O/c1-15-5-2-9-19(23-15)22-12-16-6-3-7-17(11-16)13-24-10-4-8-18(14-24)20(21)25/h2-3,5-7,9,11,18H,4,8,10,12-14H2,1H3,(H2,21,25)(H,22,23). The summed E-state index contributed by atoms with van der Waals surface area (Å²) < 4.78 is 0. The summed E-state index contributed by atoms with van der Waals surface area (Å²) in [6.07, 6.45) is 1.95. The summed E-state index contributed by atoms with van der Waals surface area (Å²) >= 11 is 0. The molecule has 3 N–H and O–H groups in total. The Balaban J connectivity index is 1.58. The number of carbonyl (C=O) groups is 1. The average molecular weight is 338 g/mol. The highest BCUT2D eigenvalue weighted by molar-refractivity contribution is 5.76. The number of hydrogen-bond donors (Lipinski definition) is 2. The van der Waals surface area contributed by atoms with E-state index >= 15 is 0 Å². The number of likely N-dealkylation sites (tertiary alicyclic amines) is 1. The van der Waals surface area contributed by atoms with Crippen molar-refractivity contribution in [1.82, 2.24) is 9.88 Å². The molecule has 25 heavy (non-hydrogen) atoms. The quantitative estimate of drug-likeness (QED) is 0.849. The van der Waals surface area contributed by atoms with Gasteiger partial charge in [0.15, 0.2) is 0 Å². The molecule has 1 aromatic heterocycles. The van der Waals surface area contributed by atoms with Crippen molar-refractivity contribution >= 4 is 11.7 Å². The zero-order valence-electron chi connectivity index (χ0n) is 14.7. The van der Waals surface area contributed by atoms with Crippen LogP contribution in [0.25, 0.3) is 0 Å². The number of aryl methyl sites for hydroxylation is 1. The molecule has 0 bridgehead atoms. The van der Waals surface area contributed by atoms with Gasteiger partial charge >= 0.3 is 0 Å². The average Bonchev–Trinajstić information content (AvgIpc) is 2.61. The van der Waals surface area contributed by atoms with E-state index in [0.29, 0.717) is 0 Å². The Bertz CT molecular complexity index is 731. The van der Waals surface area contributed by atoms with Gasteiger partial charge in [0.25, 0.3) is 0 Å². The number of benzene rings is 1. The van der Waals surface area contributed by atoms with Crippen LogP contribution in [0.3, 0.4) is 0 Å². The van der Waals surface area contributed by atoms with Crippen LogP contribution < -0.4 is 11.1 Å². The van der Waals surface area contributed by atoms with Gasteiger partial charge in [-0.2, -0.15) is 0 Å². The SMILES string of the molecule is Cc1cccc(NCc2cccc(CN3CCCC(C(N)=O)C3)c2)n1. The molecule has 1 aliphatic rings. The number of nitrogens with two attached hydrogens (primary N) is 1. The molecule has 2 heterocycles. The summed E-state index contributed by atoms with van der Waals surface area (Å²) in [7, 11) is 0. The third kappa shape index (κ3) is 5.03. The van der Waals surface area contributed by atoms with Crippen LogP contribution in [0.1, 0.15) is 29.7 Å². The molecule has 0 radical (unpaired) electrons. The fourth-order valence-electron chi connectivity index (χ4n) is 3.36. The van der Waals surface area contributed by atoms with Crippen LogP contribution in [0.5, 0.6) is 0 Å². The molecule has 2 aromatic rings. The van der Waals surface area contributed by atoms with Crippen molar-refractivity contribution in [2.45, 2.75) is 32.9 Å². The second-order valence-electron chi connectivity index (χ2n) is 6.81. The number of piperidine rings is 1. The minimum atomic E-state index is -0.173. The van der Waals surface area contributed by atoms with E-state index in [1.54, 1.807) is 0 Å². The Morgan fingerprint density at radius 3 is 2.88 bits per heavy atom. The van der Waals surface area contributed by atoms with Gasteiger partial charge in [-0.3, -0.25) is 9.69 Å². The predicted octanol–water partition coefficient (Wildman–Crippen LogP) is 2.70. The van der Waals surface area contributed by atoms with Crippen molar-refractivity contribution < 1.29 is 4.79 Å². The monoisotopic (exact) mass is 338 g/mol. The Labute approximate surface area is 149 Å². The highest BCUT2D eigenvalue weighted by atomic mass is 16.1. The number of amides is 1. The van der Waals surface area contributed by atoms with Crippen molar-refractivity contribution in [2.24, 2.45) is 11.7 Å². The molecule has 0 spiro atoms. The van der Waals surface area contributed by atoms with Gasteiger partial charge < -0.3 is 11.1 Å². The van der Waals surface area contributed by atoms with E-state index in [1.165, 1.54) is 11.1 Å². The van der Waals surface area contributed by atoms with Crippen LogP contribution in [0.4, 0.5) is 5.82 Å². The molecular weight excluding hydrogens is 312 g/mol. The summed E-state index contributed by atoms with van der Waals surface area (Å²) in [5.74, 6) is 0.713.